The van der Waals surface area contributed by atoms with Crippen LogP contribution < -0.4 is 0 Å². The SMILES string of the molecule is COSc1[nH]c2cccc3c2c1C[C@@H]1[C@@H]3C=C(C)CN1C. The van der Waals surface area contributed by atoms with Crippen LogP contribution in [0.2, 0.25) is 0 Å². The summed E-state index contributed by atoms with van der Waals surface area (Å²) in [5, 5.41) is 2.58. The van der Waals surface area contributed by atoms with E-state index in [0.717, 1.165) is 18.0 Å². The molecule has 4 heteroatoms. The van der Waals surface area contributed by atoms with E-state index in [0.29, 0.717) is 12.0 Å². The van der Waals surface area contributed by atoms with Gasteiger partial charge >= 0.3 is 0 Å². The van der Waals surface area contributed by atoms with E-state index in [2.05, 4.69) is 48.1 Å². The zero-order valence-electron chi connectivity index (χ0n) is 12.6. The summed E-state index contributed by atoms with van der Waals surface area (Å²) in [5.74, 6) is 0.510. The Morgan fingerprint density at radius 1 is 1.38 bits per heavy atom. The van der Waals surface area contributed by atoms with Gasteiger partial charge < -0.3 is 9.17 Å². The molecular weight excluding hydrogens is 280 g/mol. The number of nitrogens with zero attached hydrogens (tertiary/aromatic N) is 1. The van der Waals surface area contributed by atoms with E-state index < -0.39 is 0 Å². The lowest BCUT2D eigenvalue weighted by Gasteiger charge is -2.41. The molecule has 2 aliphatic rings. The van der Waals surface area contributed by atoms with Crippen LogP contribution in [-0.2, 0) is 10.6 Å². The number of H-pyrrole nitrogens is 1. The Morgan fingerprint density at radius 3 is 3.05 bits per heavy atom. The number of hydrogen-bond acceptors (Lipinski definition) is 3. The Morgan fingerprint density at radius 2 is 2.24 bits per heavy atom. The smallest absolute Gasteiger partial charge is 0.104 e. The highest BCUT2D eigenvalue weighted by atomic mass is 32.2. The van der Waals surface area contributed by atoms with E-state index in [4.69, 9.17) is 4.18 Å². The third kappa shape index (κ3) is 1.97. The van der Waals surface area contributed by atoms with Crippen LogP contribution in [0.4, 0.5) is 0 Å². The molecule has 3 nitrogen and oxygen atoms in total. The van der Waals surface area contributed by atoms with Crippen LogP contribution in [-0.4, -0.2) is 36.6 Å². The van der Waals surface area contributed by atoms with E-state index in [1.165, 1.54) is 39.6 Å². The van der Waals surface area contributed by atoms with Crippen molar-refractivity contribution in [2.75, 3.05) is 20.7 Å². The second-order valence-corrected chi connectivity index (χ2v) is 7.09. The Hall–Kier alpha value is -1.23. The molecule has 2 heterocycles. The number of fused-ring (bicyclic) bond motifs is 2. The summed E-state index contributed by atoms with van der Waals surface area (Å²) in [4.78, 5) is 6.03. The van der Waals surface area contributed by atoms with Crippen LogP contribution in [0.5, 0.6) is 0 Å². The van der Waals surface area contributed by atoms with Crippen LogP contribution in [0.15, 0.2) is 34.9 Å². The first kappa shape index (κ1) is 13.4. The van der Waals surface area contributed by atoms with Gasteiger partial charge in [0.15, 0.2) is 0 Å². The van der Waals surface area contributed by atoms with Crippen LogP contribution in [0.1, 0.15) is 24.0 Å². The number of nitrogens with one attached hydrogen (secondary N) is 1. The molecule has 1 aliphatic heterocycles. The monoisotopic (exact) mass is 300 g/mol. The fourth-order valence-electron chi connectivity index (χ4n) is 3.99. The maximum atomic E-state index is 5.30. The number of aromatic nitrogens is 1. The van der Waals surface area contributed by atoms with Crippen molar-refractivity contribution in [3.8, 4) is 0 Å². The molecule has 2 atom stereocenters. The first-order valence-electron chi connectivity index (χ1n) is 7.40. The van der Waals surface area contributed by atoms with Crippen LogP contribution in [0.3, 0.4) is 0 Å². The molecule has 110 valence electrons. The van der Waals surface area contributed by atoms with E-state index in [1.54, 1.807) is 7.11 Å². The average molecular weight is 300 g/mol. The van der Waals surface area contributed by atoms with E-state index in [-0.39, 0.29) is 0 Å². The minimum Gasteiger partial charge on any atom is -0.348 e. The Bertz CT molecular complexity index is 734. The molecule has 0 saturated carbocycles. The zero-order valence-corrected chi connectivity index (χ0v) is 13.5. The Balaban J connectivity index is 1.95. The molecule has 21 heavy (non-hydrogen) atoms. The topological polar surface area (TPSA) is 28.3 Å². The second kappa shape index (κ2) is 4.90. The largest absolute Gasteiger partial charge is 0.348 e. The molecule has 0 bridgehead atoms. The minimum absolute atomic E-state index is 0.510. The van der Waals surface area contributed by atoms with E-state index in [1.807, 2.05) is 0 Å². The lowest BCUT2D eigenvalue weighted by molar-refractivity contribution is 0.224. The van der Waals surface area contributed by atoms with Gasteiger partial charge in [0.25, 0.3) is 0 Å². The van der Waals surface area contributed by atoms with E-state index >= 15 is 0 Å². The average Bonchev–Trinajstić information content (AvgIpc) is 2.80. The molecule has 1 aromatic heterocycles. The van der Waals surface area contributed by atoms with Crippen molar-refractivity contribution in [2.24, 2.45) is 0 Å². The van der Waals surface area contributed by atoms with Crippen LogP contribution in [0, 0.1) is 0 Å². The van der Waals surface area contributed by atoms with Crippen molar-refractivity contribution >= 4 is 22.9 Å². The molecule has 1 aliphatic carbocycles. The maximum Gasteiger partial charge on any atom is 0.104 e. The van der Waals surface area contributed by atoms with Gasteiger partial charge in [-0.25, -0.2) is 0 Å². The normalized spacial score (nSPS) is 25.0. The molecular formula is C17H20N2OS. The number of hydrogen-bond donors (Lipinski definition) is 1. The summed E-state index contributed by atoms with van der Waals surface area (Å²) >= 11 is 1.45. The van der Waals surface area contributed by atoms with Gasteiger partial charge in [-0.15, -0.1) is 0 Å². The van der Waals surface area contributed by atoms with Gasteiger partial charge in [0.1, 0.15) is 5.03 Å². The second-order valence-electron chi connectivity index (χ2n) is 6.18. The first-order valence-corrected chi connectivity index (χ1v) is 8.15. The predicted octanol–water partition coefficient (Wildman–Crippen LogP) is 3.72. The highest BCUT2D eigenvalue weighted by Gasteiger charge is 2.36. The molecule has 0 spiro atoms. The predicted molar refractivity (Wildman–Crippen MR) is 87.8 cm³/mol. The van der Waals surface area contributed by atoms with Gasteiger partial charge in [0.05, 0.1) is 7.11 Å². The highest BCUT2D eigenvalue weighted by Crippen LogP contribution is 2.44. The van der Waals surface area contributed by atoms with Gasteiger partial charge in [-0.05, 0) is 37.6 Å². The quantitative estimate of drug-likeness (QED) is 0.677. The molecule has 2 aromatic rings. The molecule has 0 amide bonds. The zero-order chi connectivity index (χ0) is 14.6. The lowest BCUT2D eigenvalue weighted by Crippen LogP contribution is -2.43. The summed E-state index contributed by atoms with van der Waals surface area (Å²) < 4.78 is 5.30. The van der Waals surface area contributed by atoms with Gasteiger partial charge in [-0.1, -0.05) is 23.8 Å². The van der Waals surface area contributed by atoms with Crippen LogP contribution >= 0.6 is 12.0 Å². The van der Waals surface area contributed by atoms with Gasteiger partial charge in [0.2, 0.25) is 0 Å². The summed E-state index contributed by atoms with van der Waals surface area (Å²) in [7, 11) is 3.98. The summed E-state index contributed by atoms with van der Waals surface area (Å²) in [6, 6.07) is 7.18. The van der Waals surface area contributed by atoms with E-state index in [9.17, 15) is 0 Å². The van der Waals surface area contributed by atoms with Crippen molar-refractivity contribution < 1.29 is 4.18 Å². The molecule has 0 saturated heterocycles. The molecule has 1 N–H and O–H groups in total. The van der Waals surface area contributed by atoms with Crippen molar-refractivity contribution in [3.05, 3.63) is 41.0 Å². The summed E-state index contributed by atoms with van der Waals surface area (Å²) in [5.41, 5.74) is 5.60. The molecule has 0 unspecified atom stereocenters. The fourth-order valence-corrected chi connectivity index (χ4v) is 4.60. The standard InChI is InChI=1S/C17H20N2OS/c1-10-7-12-11-5-4-6-14-16(11)13(17(18-14)21-20-3)8-15(12)19(2)9-10/h4-7,12,15,18H,8-9H2,1-3H3/t12-,15-/m1/s1. The third-order valence-corrected chi connectivity index (χ3v) is 5.49. The van der Waals surface area contributed by atoms with Gasteiger partial charge in [0, 0.05) is 41.5 Å². The Labute approximate surface area is 129 Å². The number of rotatable bonds is 2. The van der Waals surface area contributed by atoms with Crippen molar-refractivity contribution in [3.63, 3.8) is 0 Å². The molecule has 0 fully saturated rings. The van der Waals surface area contributed by atoms with Crippen molar-refractivity contribution in [2.45, 2.75) is 30.3 Å². The number of aromatic amines is 1. The molecule has 0 radical (unpaired) electrons. The van der Waals surface area contributed by atoms with Gasteiger partial charge in [-0.2, -0.15) is 0 Å². The molecule has 4 rings (SSSR count). The third-order valence-electron chi connectivity index (χ3n) is 4.80. The fraction of sp³-hybridized carbons (Fsp3) is 0.412. The number of likely N-dealkylation sites (N-methyl/N-ethyl adjacent to an activating group) is 1. The lowest BCUT2D eigenvalue weighted by atomic mass is 9.77. The Kier molecular flexibility index (Phi) is 3.14. The van der Waals surface area contributed by atoms with Gasteiger partial charge in [-0.3, -0.25) is 4.90 Å². The van der Waals surface area contributed by atoms with Crippen LogP contribution in [0.25, 0.3) is 10.9 Å². The molecule has 1 aromatic carbocycles. The summed E-state index contributed by atoms with van der Waals surface area (Å²) in [6.07, 6.45) is 3.56. The first-order chi connectivity index (χ1) is 10.2. The van der Waals surface area contributed by atoms with Crippen molar-refractivity contribution in [1.82, 2.24) is 9.88 Å². The highest BCUT2D eigenvalue weighted by molar-refractivity contribution is 7.94. The number of benzene rings is 1. The summed E-state index contributed by atoms with van der Waals surface area (Å²) in [6.45, 7) is 3.31. The maximum absolute atomic E-state index is 5.30. The van der Waals surface area contributed by atoms with Crippen molar-refractivity contribution in [1.29, 1.82) is 0 Å². The minimum atomic E-state index is 0.510.